The van der Waals surface area contributed by atoms with Crippen LogP contribution in [0.2, 0.25) is 5.02 Å². The fourth-order valence-electron chi connectivity index (χ4n) is 2.04. The summed E-state index contributed by atoms with van der Waals surface area (Å²) in [5.41, 5.74) is 0. The van der Waals surface area contributed by atoms with Crippen LogP contribution in [0.25, 0.3) is 10.8 Å². The smallest absolute Gasteiger partial charge is 0.209 e. The van der Waals surface area contributed by atoms with Gasteiger partial charge in [-0.25, -0.2) is 13.6 Å². The highest BCUT2D eigenvalue weighted by atomic mass is 35.5. The van der Waals surface area contributed by atoms with Gasteiger partial charge in [0, 0.05) is 21.7 Å². The molecule has 0 aromatic heterocycles. The maximum Gasteiger partial charge on any atom is 0.209 e. The number of rotatable bonds is 5. The van der Waals surface area contributed by atoms with Crippen molar-refractivity contribution in [3.8, 4) is 5.75 Å². The van der Waals surface area contributed by atoms with Crippen molar-refractivity contribution < 1.29 is 13.2 Å². The second kappa shape index (κ2) is 5.99. The van der Waals surface area contributed by atoms with Gasteiger partial charge in [0.25, 0.3) is 0 Å². The van der Waals surface area contributed by atoms with Gasteiger partial charge in [-0.05, 0) is 12.1 Å². The van der Waals surface area contributed by atoms with Gasteiger partial charge in [0.2, 0.25) is 10.0 Å². The molecule has 0 radical (unpaired) electrons. The van der Waals surface area contributed by atoms with Crippen molar-refractivity contribution in [3.63, 3.8) is 0 Å². The maximum atomic E-state index is 11.0. The molecule has 4 nitrogen and oxygen atoms in total. The van der Waals surface area contributed by atoms with Gasteiger partial charge >= 0.3 is 0 Å². The van der Waals surface area contributed by atoms with Gasteiger partial charge in [0.15, 0.2) is 0 Å². The first-order valence-electron chi connectivity index (χ1n) is 6.17. The molecule has 0 amide bonds. The van der Waals surface area contributed by atoms with E-state index in [1.54, 1.807) is 19.1 Å². The summed E-state index contributed by atoms with van der Waals surface area (Å²) in [4.78, 5) is 0. The fraction of sp³-hybridized carbons (Fsp3) is 0.286. The van der Waals surface area contributed by atoms with E-state index in [9.17, 15) is 8.42 Å². The van der Waals surface area contributed by atoms with Gasteiger partial charge in [0.05, 0.1) is 12.4 Å². The third-order valence-corrected chi connectivity index (χ3v) is 4.23. The Hall–Kier alpha value is -1.30. The van der Waals surface area contributed by atoms with Crippen LogP contribution >= 0.6 is 11.6 Å². The van der Waals surface area contributed by atoms with E-state index in [4.69, 9.17) is 21.5 Å². The summed E-state index contributed by atoms with van der Waals surface area (Å²) in [6.07, 6.45) is 0. The van der Waals surface area contributed by atoms with Crippen LogP contribution in [0.4, 0.5) is 0 Å². The number of hydrogen-bond donors (Lipinski definition) is 1. The number of halogens is 1. The van der Waals surface area contributed by atoms with Crippen LogP contribution in [-0.2, 0) is 10.0 Å². The van der Waals surface area contributed by atoms with Crippen LogP contribution in [0.3, 0.4) is 0 Å². The zero-order valence-corrected chi connectivity index (χ0v) is 12.6. The first-order valence-corrected chi connectivity index (χ1v) is 8.26. The Morgan fingerprint density at radius 1 is 1.20 bits per heavy atom. The lowest BCUT2D eigenvalue weighted by Crippen LogP contribution is -2.25. The summed E-state index contributed by atoms with van der Waals surface area (Å²) >= 11 is 6.13. The van der Waals surface area contributed by atoms with E-state index in [0.717, 1.165) is 10.8 Å². The highest BCUT2D eigenvalue weighted by Gasteiger charge is 2.13. The molecule has 0 aliphatic heterocycles. The molecule has 2 aromatic carbocycles. The standard InChI is InChI=1S/C14H16ClNO3S/c1-10(9-20(16,17)18)8-19-14-7-6-13(15)11-4-2-3-5-12(11)14/h2-7,10H,8-9H2,1H3,(H2,16,17,18). The number of sulfonamides is 1. The lowest BCUT2D eigenvalue weighted by Gasteiger charge is -2.14. The Morgan fingerprint density at radius 3 is 2.50 bits per heavy atom. The van der Waals surface area contributed by atoms with Crippen LogP contribution < -0.4 is 9.88 Å². The summed E-state index contributed by atoms with van der Waals surface area (Å²) < 4.78 is 27.7. The lowest BCUT2D eigenvalue weighted by molar-refractivity contribution is 0.275. The second-order valence-corrected chi connectivity index (χ2v) is 6.90. The van der Waals surface area contributed by atoms with Gasteiger partial charge in [-0.15, -0.1) is 0 Å². The predicted octanol–water partition coefficient (Wildman–Crippen LogP) is 2.80. The number of hydrogen-bond acceptors (Lipinski definition) is 3. The Balaban J connectivity index is 2.17. The number of fused-ring (bicyclic) bond motifs is 1. The molecule has 0 spiro atoms. The molecule has 0 aliphatic rings. The average molecular weight is 314 g/mol. The third kappa shape index (κ3) is 3.85. The largest absolute Gasteiger partial charge is 0.493 e. The van der Waals surface area contributed by atoms with Gasteiger partial charge in [-0.2, -0.15) is 0 Å². The Kier molecular flexibility index (Phi) is 4.52. The molecule has 20 heavy (non-hydrogen) atoms. The molecule has 2 N–H and O–H groups in total. The number of benzene rings is 2. The van der Waals surface area contributed by atoms with Gasteiger partial charge in [-0.1, -0.05) is 42.8 Å². The van der Waals surface area contributed by atoms with E-state index in [-0.39, 0.29) is 18.3 Å². The monoisotopic (exact) mass is 313 g/mol. The molecule has 0 saturated heterocycles. The molecule has 0 fully saturated rings. The average Bonchev–Trinajstić information content (AvgIpc) is 2.36. The van der Waals surface area contributed by atoms with Crippen LogP contribution in [0.1, 0.15) is 6.92 Å². The highest BCUT2D eigenvalue weighted by Crippen LogP contribution is 2.31. The van der Waals surface area contributed by atoms with E-state index in [0.29, 0.717) is 10.8 Å². The Morgan fingerprint density at radius 2 is 1.85 bits per heavy atom. The first kappa shape index (κ1) is 15.1. The minimum Gasteiger partial charge on any atom is -0.493 e. The summed E-state index contributed by atoms with van der Waals surface area (Å²) in [5.74, 6) is 0.407. The molecule has 0 saturated carbocycles. The molecule has 0 heterocycles. The van der Waals surface area contributed by atoms with E-state index in [2.05, 4.69) is 0 Å². The summed E-state index contributed by atoms with van der Waals surface area (Å²) in [7, 11) is -3.48. The van der Waals surface area contributed by atoms with Crippen LogP contribution in [-0.4, -0.2) is 20.8 Å². The quantitative estimate of drug-likeness (QED) is 0.922. The fourth-order valence-corrected chi connectivity index (χ4v) is 3.15. The maximum absolute atomic E-state index is 11.0. The molecular formula is C14H16ClNO3S. The topological polar surface area (TPSA) is 69.4 Å². The zero-order chi connectivity index (χ0) is 14.8. The molecular weight excluding hydrogens is 298 g/mol. The molecule has 6 heteroatoms. The van der Waals surface area contributed by atoms with Crippen LogP contribution in [0, 0.1) is 5.92 Å². The summed E-state index contributed by atoms with van der Waals surface area (Å²) in [6.45, 7) is 2.06. The zero-order valence-electron chi connectivity index (χ0n) is 11.0. The van der Waals surface area contributed by atoms with E-state index in [1.165, 1.54) is 0 Å². The predicted molar refractivity (Wildman–Crippen MR) is 81.6 cm³/mol. The molecule has 108 valence electrons. The molecule has 1 unspecified atom stereocenters. The third-order valence-electron chi connectivity index (χ3n) is 2.87. The normalized spacial score (nSPS) is 13.3. The van der Waals surface area contributed by atoms with Gasteiger partial charge < -0.3 is 4.74 Å². The van der Waals surface area contributed by atoms with Crippen molar-refractivity contribution in [3.05, 3.63) is 41.4 Å². The Labute approximate surface area is 123 Å². The van der Waals surface area contributed by atoms with Gasteiger partial charge in [0.1, 0.15) is 5.75 Å². The second-order valence-electron chi connectivity index (χ2n) is 4.84. The van der Waals surface area contributed by atoms with Crippen molar-refractivity contribution >= 4 is 32.4 Å². The van der Waals surface area contributed by atoms with Crippen molar-refractivity contribution in [2.24, 2.45) is 11.1 Å². The van der Waals surface area contributed by atoms with Gasteiger partial charge in [-0.3, -0.25) is 0 Å². The molecule has 1 atom stereocenters. The van der Waals surface area contributed by atoms with E-state index < -0.39 is 10.0 Å². The van der Waals surface area contributed by atoms with E-state index >= 15 is 0 Å². The molecule has 0 bridgehead atoms. The van der Waals surface area contributed by atoms with Crippen molar-refractivity contribution in [1.29, 1.82) is 0 Å². The van der Waals surface area contributed by atoms with Crippen molar-refractivity contribution in [2.75, 3.05) is 12.4 Å². The van der Waals surface area contributed by atoms with Crippen LogP contribution in [0.5, 0.6) is 5.75 Å². The highest BCUT2D eigenvalue weighted by molar-refractivity contribution is 7.89. The van der Waals surface area contributed by atoms with E-state index in [1.807, 2.05) is 24.3 Å². The summed E-state index contributed by atoms with van der Waals surface area (Å²) in [5, 5.41) is 7.49. The SMILES string of the molecule is CC(COc1ccc(Cl)c2ccccc12)CS(N)(=O)=O. The Bertz CT molecular complexity index is 715. The minimum absolute atomic E-state index is 0.0987. The first-order chi connectivity index (χ1) is 9.37. The molecule has 0 aliphatic carbocycles. The minimum atomic E-state index is -3.48. The summed E-state index contributed by atoms with van der Waals surface area (Å²) in [6, 6.07) is 11.2. The number of nitrogens with two attached hydrogens (primary N) is 1. The van der Waals surface area contributed by atoms with Crippen molar-refractivity contribution in [1.82, 2.24) is 0 Å². The lowest BCUT2D eigenvalue weighted by atomic mass is 10.1. The molecule has 2 rings (SSSR count). The van der Waals surface area contributed by atoms with Crippen LogP contribution in [0.15, 0.2) is 36.4 Å². The molecule has 2 aromatic rings. The number of primary sulfonamides is 1. The number of ether oxygens (including phenoxy) is 1. The van der Waals surface area contributed by atoms with Crippen molar-refractivity contribution in [2.45, 2.75) is 6.92 Å².